The van der Waals surface area contributed by atoms with Gasteiger partial charge >= 0.3 is 8.56 Å². The standard InChI is InChI=1S/C16H20O2Si/c1-14(2)19(3,17-15-10-6-4-7-11-15)18-16-12-8-5-9-13-16/h4-14H,1-3H3. The van der Waals surface area contributed by atoms with Crippen molar-refractivity contribution < 1.29 is 8.85 Å². The van der Waals surface area contributed by atoms with Crippen LogP contribution < -0.4 is 8.85 Å². The minimum Gasteiger partial charge on any atom is -0.512 e. The van der Waals surface area contributed by atoms with Gasteiger partial charge in [0.1, 0.15) is 11.5 Å². The molecule has 0 fully saturated rings. The molecular weight excluding hydrogens is 252 g/mol. The molecule has 0 amide bonds. The van der Waals surface area contributed by atoms with Gasteiger partial charge in [0.2, 0.25) is 0 Å². The predicted molar refractivity (Wildman–Crippen MR) is 80.9 cm³/mol. The van der Waals surface area contributed by atoms with Crippen molar-refractivity contribution in [3.05, 3.63) is 60.7 Å². The molecule has 0 aliphatic heterocycles. The molecule has 100 valence electrons. The van der Waals surface area contributed by atoms with E-state index in [9.17, 15) is 0 Å². The summed E-state index contributed by atoms with van der Waals surface area (Å²) in [7, 11) is -2.31. The molecule has 19 heavy (non-hydrogen) atoms. The summed E-state index contributed by atoms with van der Waals surface area (Å²) in [5, 5.41) is 0. The Morgan fingerprint density at radius 3 is 1.42 bits per heavy atom. The summed E-state index contributed by atoms with van der Waals surface area (Å²) >= 11 is 0. The van der Waals surface area contributed by atoms with E-state index in [0.717, 1.165) is 11.5 Å². The smallest absolute Gasteiger partial charge is 0.459 e. The number of hydrogen-bond acceptors (Lipinski definition) is 2. The molecular formula is C16H20O2Si. The van der Waals surface area contributed by atoms with Gasteiger partial charge in [-0.2, -0.15) is 0 Å². The Labute approximate surface area is 116 Å². The van der Waals surface area contributed by atoms with Crippen LogP contribution in [0.4, 0.5) is 0 Å². The quantitative estimate of drug-likeness (QED) is 0.739. The van der Waals surface area contributed by atoms with E-state index in [1.807, 2.05) is 60.7 Å². The molecule has 0 bridgehead atoms. The summed E-state index contributed by atoms with van der Waals surface area (Å²) < 4.78 is 12.4. The first-order chi connectivity index (χ1) is 9.10. The van der Waals surface area contributed by atoms with Crippen molar-refractivity contribution >= 4 is 8.56 Å². The van der Waals surface area contributed by atoms with E-state index in [-0.39, 0.29) is 0 Å². The van der Waals surface area contributed by atoms with Crippen LogP contribution in [0.5, 0.6) is 11.5 Å². The summed E-state index contributed by atoms with van der Waals surface area (Å²) in [5.74, 6) is 1.75. The lowest BCUT2D eigenvalue weighted by Gasteiger charge is -2.31. The molecule has 3 heteroatoms. The van der Waals surface area contributed by atoms with Gasteiger partial charge < -0.3 is 8.85 Å². The molecule has 0 atom stereocenters. The monoisotopic (exact) mass is 272 g/mol. The normalized spacial score (nSPS) is 11.4. The van der Waals surface area contributed by atoms with E-state index in [0.29, 0.717) is 5.54 Å². The lowest BCUT2D eigenvalue weighted by molar-refractivity contribution is 0.375. The first-order valence-corrected chi connectivity index (χ1v) is 8.98. The first kappa shape index (κ1) is 13.7. The number of benzene rings is 2. The molecule has 0 aliphatic rings. The van der Waals surface area contributed by atoms with Crippen LogP contribution in [0.15, 0.2) is 60.7 Å². The van der Waals surface area contributed by atoms with Gasteiger partial charge in [-0.1, -0.05) is 50.2 Å². The fourth-order valence-corrected chi connectivity index (χ4v) is 3.42. The van der Waals surface area contributed by atoms with E-state index >= 15 is 0 Å². The van der Waals surface area contributed by atoms with Crippen LogP contribution in [0.25, 0.3) is 0 Å². The maximum atomic E-state index is 6.18. The van der Waals surface area contributed by atoms with E-state index < -0.39 is 8.56 Å². The molecule has 0 aliphatic carbocycles. The Bertz CT molecular complexity index is 455. The van der Waals surface area contributed by atoms with Gasteiger partial charge in [-0.05, 0) is 24.3 Å². The number of hydrogen-bond donors (Lipinski definition) is 0. The highest BCUT2D eigenvalue weighted by molar-refractivity contribution is 6.68. The topological polar surface area (TPSA) is 18.5 Å². The second kappa shape index (κ2) is 5.93. The minimum absolute atomic E-state index is 0.355. The fourth-order valence-electron chi connectivity index (χ4n) is 1.70. The van der Waals surface area contributed by atoms with Crippen LogP contribution in [0.2, 0.25) is 12.1 Å². The van der Waals surface area contributed by atoms with E-state index in [1.54, 1.807) is 0 Å². The van der Waals surface area contributed by atoms with Crippen LogP contribution in [0.3, 0.4) is 0 Å². The second-order valence-electron chi connectivity index (χ2n) is 5.00. The Hall–Kier alpha value is -1.74. The van der Waals surface area contributed by atoms with Gasteiger partial charge in [-0.15, -0.1) is 0 Å². The third-order valence-corrected chi connectivity index (χ3v) is 6.56. The summed E-state index contributed by atoms with van der Waals surface area (Å²) in [6.45, 7) is 6.41. The molecule has 0 unspecified atom stereocenters. The van der Waals surface area contributed by atoms with Gasteiger partial charge in [-0.3, -0.25) is 0 Å². The molecule has 2 rings (SSSR count). The maximum Gasteiger partial charge on any atom is 0.459 e. The summed E-state index contributed by atoms with van der Waals surface area (Å²) in [6.07, 6.45) is 0. The average molecular weight is 272 g/mol. The van der Waals surface area contributed by atoms with Crippen LogP contribution in [0, 0.1) is 0 Å². The van der Waals surface area contributed by atoms with E-state index in [2.05, 4.69) is 20.4 Å². The van der Waals surface area contributed by atoms with Gasteiger partial charge in [0.05, 0.1) is 0 Å². The molecule has 0 spiro atoms. The molecule has 0 aromatic heterocycles. The Balaban J connectivity index is 2.18. The molecule has 0 saturated carbocycles. The first-order valence-electron chi connectivity index (χ1n) is 6.58. The Kier molecular flexibility index (Phi) is 4.27. The molecule has 0 saturated heterocycles. The van der Waals surface area contributed by atoms with Gasteiger partial charge in [0.15, 0.2) is 0 Å². The maximum absolute atomic E-state index is 6.18. The third-order valence-electron chi connectivity index (χ3n) is 3.18. The zero-order valence-corrected chi connectivity index (χ0v) is 12.7. The van der Waals surface area contributed by atoms with Crippen molar-refractivity contribution in [2.24, 2.45) is 0 Å². The minimum atomic E-state index is -2.31. The number of para-hydroxylation sites is 2. The second-order valence-corrected chi connectivity index (χ2v) is 8.60. The van der Waals surface area contributed by atoms with Crippen LogP contribution in [-0.2, 0) is 0 Å². The lowest BCUT2D eigenvalue weighted by Crippen LogP contribution is -2.48. The highest BCUT2D eigenvalue weighted by Crippen LogP contribution is 2.28. The van der Waals surface area contributed by atoms with Crippen molar-refractivity contribution in [1.82, 2.24) is 0 Å². The zero-order chi connectivity index (χ0) is 13.7. The molecule has 0 radical (unpaired) electrons. The summed E-state index contributed by atoms with van der Waals surface area (Å²) in [4.78, 5) is 0. The Morgan fingerprint density at radius 2 is 1.11 bits per heavy atom. The average Bonchev–Trinajstić information content (AvgIpc) is 2.40. The summed E-state index contributed by atoms with van der Waals surface area (Å²) in [6, 6.07) is 19.8. The lowest BCUT2D eigenvalue weighted by atomic mass is 10.3. The molecule has 0 N–H and O–H groups in total. The SMILES string of the molecule is CC(C)[Si](C)(Oc1ccccc1)Oc1ccccc1. The van der Waals surface area contributed by atoms with Crippen molar-refractivity contribution in [2.45, 2.75) is 25.9 Å². The molecule has 2 nitrogen and oxygen atoms in total. The van der Waals surface area contributed by atoms with Crippen molar-refractivity contribution in [1.29, 1.82) is 0 Å². The molecule has 2 aromatic rings. The highest BCUT2D eigenvalue weighted by atomic mass is 28.4. The predicted octanol–water partition coefficient (Wildman–Crippen LogP) is 4.63. The third kappa shape index (κ3) is 3.61. The van der Waals surface area contributed by atoms with E-state index in [1.165, 1.54) is 0 Å². The van der Waals surface area contributed by atoms with Crippen molar-refractivity contribution in [3.63, 3.8) is 0 Å². The largest absolute Gasteiger partial charge is 0.512 e. The van der Waals surface area contributed by atoms with Crippen LogP contribution in [0.1, 0.15) is 13.8 Å². The number of rotatable bonds is 5. The Morgan fingerprint density at radius 1 is 0.737 bits per heavy atom. The zero-order valence-electron chi connectivity index (χ0n) is 11.7. The van der Waals surface area contributed by atoms with E-state index in [4.69, 9.17) is 8.85 Å². The van der Waals surface area contributed by atoms with Crippen molar-refractivity contribution in [3.8, 4) is 11.5 Å². The van der Waals surface area contributed by atoms with Gasteiger partial charge in [0.25, 0.3) is 0 Å². The fraction of sp³-hybridized carbons (Fsp3) is 0.250. The molecule has 2 aromatic carbocycles. The van der Waals surface area contributed by atoms with Gasteiger partial charge in [0, 0.05) is 12.1 Å². The summed E-state index contributed by atoms with van der Waals surface area (Å²) in [5.41, 5.74) is 0.355. The van der Waals surface area contributed by atoms with Crippen molar-refractivity contribution in [2.75, 3.05) is 0 Å². The van der Waals surface area contributed by atoms with Crippen LogP contribution in [-0.4, -0.2) is 8.56 Å². The van der Waals surface area contributed by atoms with Crippen LogP contribution >= 0.6 is 0 Å². The highest BCUT2D eigenvalue weighted by Gasteiger charge is 2.40. The molecule has 0 heterocycles. The van der Waals surface area contributed by atoms with Gasteiger partial charge in [-0.25, -0.2) is 0 Å².